The van der Waals surface area contributed by atoms with E-state index in [9.17, 15) is 0 Å². The van der Waals surface area contributed by atoms with Crippen molar-refractivity contribution < 1.29 is 4.74 Å². The molecular formula is C21H21Cl2N3O. The van der Waals surface area contributed by atoms with Crippen LogP contribution in [0.1, 0.15) is 36.4 Å². The molecule has 2 aromatic rings. The molecule has 0 radical (unpaired) electrons. The topological polar surface area (TPSA) is 28.1 Å². The Morgan fingerprint density at radius 2 is 1.89 bits per heavy atom. The zero-order valence-electron chi connectivity index (χ0n) is 15.2. The molecule has 0 saturated carbocycles. The van der Waals surface area contributed by atoms with Crippen LogP contribution in [-0.4, -0.2) is 41.5 Å². The number of hydrogen-bond acceptors (Lipinski definition) is 4. The molecular weight excluding hydrogens is 381 g/mol. The van der Waals surface area contributed by atoms with Gasteiger partial charge in [-0.2, -0.15) is 5.10 Å². The molecule has 3 aliphatic heterocycles. The van der Waals surface area contributed by atoms with Gasteiger partial charge < -0.3 is 9.64 Å². The van der Waals surface area contributed by atoms with E-state index in [2.05, 4.69) is 35.2 Å². The van der Waals surface area contributed by atoms with Crippen molar-refractivity contribution in [2.45, 2.75) is 31.0 Å². The van der Waals surface area contributed by atoms with Crippen molar-refractivity contribution in [3.63, 3.8) is 0 Å². The monoisotopic (exact) mass is 401 g/mol. The summed E-state index contributed by atoms with van der Waals surface area (Å²) in [4.78, 5) is 2.35. The van der Waals surface area contributed by atoms with Crippen molar-refractivity contribution in [1.29, 1.82) is 0 Å². The molecule has 2 aromatic carbocycles. The number of halogens is 2. The van der Waals surface area contributed by atoms with Crippen LogP contribution in [0.2, 0.25) is 10.0 Å². The molecule has 140 valence electrons. The molecule has 4 nitrogen and oxygen atoms in total. The average molecular weight is 402 g/mol. The number of nitrogens with zero attached hydrogens (tertiary/aromatic N) is 3. The third-order valence-corrected chi connectivity index (χ3v) is 6.46. The van der Waals surface area contributed by atoms with Crippen molar-refractivity contribution in [3.8, 4) is 5.75 Å². The average Bonchev–Trinajstić information content (AvgIpc) is 3.11. The van der Waals surface area contributed by atoms with Crippen LogP contribution in [0.15, 0.2) is 47.6 Å². The second-order valence-electron chi connectivity index (χ2n) is 7.62. The fraction of sp³-hybridized carbons (Fsp3) is 0.381. The van der Waals surface area contributed by atoms with Crippen molar-refractivity contribution >= 4 is 28.9 Å². The van der Waals surface area contributed by atoms with E-state index >= 15 is 0 Å². The molecule has 1 unspecified atom stereocenters. The number of para-hydroxylation sites is 1. The Balaban J connectivity index is 1.59. The molecule has 1 atom stereocenters. The summed E-state index contributed by atoms with van der Waals surface area (Å²) in [5.74, 6) is 0.988. The van der Waals surface area contributed by atoms with Crippen molar-refractivity contribution in [1.82, 2.24) is 9.91 Å². The van der Waals surface area contributed by atoms with E-state index in [-0.39, 0.29) is 11.8 Å². The van der Waals surface area contributed by atoms with Crippen LogP contribution in [0.5, 0.6) is 5.75 Å². The first-order chi connectivity index (χ1) is 13.1. The van der Waals surface area contributed by atoms with Crippen molar-refractivity contribution in [2.24, 2.45) is 5.10 Å². The van der Waals surface area contributed by atoms with Gasteiger partial charge >= 0.3 is 0 Å². The molecule has 6 heteroatoms. The maximum absolute atomic E-state index is 6.59. The molecule has 1 saturated heterocycles. The predicted octanol–water partition coefficient (Wildman–Crippen LogP) is 4.96. The van der Waals surface area contributed by atoms with Gasteiger partial charge in [0, 0.05) is 48.5 Å². The van der Waals surface area contributed by atoms with E-state index in [4.69, 9.17) is 33.0 Å². The van der Waals surface area contributed by atoms with Crippen LogP contribution in [0, 0.1) is 0 Å². The van der Waals surface area contributed by atoms with Crippen molar-refractivity contribution in [2.75, 3.05) is 20.1 Å². The van der Waals surface area contributed by atoms with Gasteiger partial charge in [-0.05, 0) is 25.2 Å². The number of benzene rings is 2. The first-order valence-electron chi connectivity index (χ1n) is 9.34. The lowest BCUT2D eigenvalue weighted by molar-refractivity contribution is -0.147. The largest absolute Gasteiger partial charge is 0.466 e. The number of hydrogen-bond donors (Lipinski definition) is 0. The van der Waals surface area contributed by atoms with Crippen LogP contribution in [0.4, 0.5) is 0 Å². The minimum atomic E-state index is -0.383. The Kier molecular flexibility index (Phi) is 4.12. The van der Waals surface area contributed by atoms with E-state index in [0.717, 1.165) is 49.4 Å². The second kappa shape index (κ2) is 6.40. The lowest BCUT2D eigenvalue weighted by atomic mass is 9.91. The highest BCUT2D eigenvalue weighted by Crippen LogP contribution is 2.50. The quantitative estimate of drug-likeness (QED) is 0.675. The molecule has 0 amide bonds. The third-order valence-electron chi connectivity index (χ3n) is 5.92. The molecule has 3 heterocycles. The maximum Gasteiger partial charge on any atom is 0.200 e. The molecule has 27 heavy (non-hydrogen) atoms. The standard InChI is InChI=1S/C21H21Cl2N3O/c1-25-10-8-21(9-11-25)26-19(16-4-2-3-5-20(16)27-21)13-18(24-26)15-7-6-14(22)12-17(15)23/h2-7,12,19H,8-11,13H2,1H3. The van der Waals surface area contributed by atoms with E-state index in [1.54, 1.807) is 6.07 Å². The Labute approximate surface area is 169 Å². The molecule has 1 fully saturated rings. The summed E-state index contributed by atoms with van der Waals surface area (Å²) in [6, 6.07) is 14.2. The number of ether oxygens (including phenoxy) is 1. The van der Waals surface area contributed by atoms with E-state index in [1.165, 1.54) is 5.56 Å². The molecule has 0 aliphatic carbocycles. The number of fused-ring (bicyclic) bond motifs is 4. The van der Waals surface area contributed by atoms with Gasteiger partial charge in [-0.25, -0.2) is 5.01 Å². The van der Waals surface area contributed by atoms with E-state index in [1.807, 2.05) is 18.2 Å². The summed E-state index contributed by atoms with van der Waals surface area (Å²) in [7, 11) is 2.16. The molecule has 0 aromatic heterocycles. The first kappa shape index (κ1) is 17.4. The van der Waals surface area contributed by atoms with Gasteiger partial charge in [-0.15, -0.1) is 0 Å². The normalized spacial score (nSPS) is 23.6. The van der Waals surface area contributed by atoms with E-state index in [0.29, 0.717) is 10.0 Å². The van der Waals surface area contributed by atoms with Gasteiger partial charge in [0.2, 0.25) is 5.72 Å². The number of rotatable bonds is 1. The van der Waals surface area contributed by atoms with Gasteiger partial charge in [0.15, 0.2) is 0 Å². The summed E-state index contributed by atoms with van der Waals surface area (Å²) in [5, 5.41) is 8.55. The van der Waals surface area contributed by atoms with Gasteiger partial charge in [-0.1, -0.05) is 47.5 Å². The molecule has 0 bridgehead atoms. The molecule has 0 N–H and O–H groups in total. The van der Waals surface area contributed by atoms with Crippen LogP contribution >= 0.6 is 23.2 Å². The highest BCUT2D eigenvalue weighted by atomic mass is 35.5. The van der Waals surface area contributed by atoms with Gasteiger partial charge in [-0.3, -0.25) is 0 Å². The second-order valence-corrected chi connectivity index (χ2v) is 8.47. The lowest BCUT2D eigenvalue weighted by Crippen LogP contribution is -2.58. The van der Waals surface area contributed by atoms with Crippen LogP contribution in [-0.2, 0) is 0 Å². The zero-order chi connectivity index (χ0) is 18.6. The molecule has 5 rings (SSSR count). The Bertz CT molecular complexity index is 921. The van der Waals surface area contributed by atoms with Gasteiger partial charge in [0.25, 0.3) is 0 Å². The highest BCUT2D eigenvalue weighted by Gasteiger charge is 2.51. The third kappa shape index (κ3) is 2.82. The minimum Gasteiger partial charge on any atom is -0.466 e. The summed E-state index contributed by atoms with van der Waals surface area (Å²) < 4.78 is 6.59. The Morgan fingerprint density at radius 1 is 1.11 bits per heavy atom. The minimum absolute atomic E-state index is 0.181. The predicted molar refractivity (Wildman–Crippen MR) is 109 cm³/mol. The summed E-state index contributed by atoms with van der Waals surface area (Å²) in [6.07, 6.45) is 2.68. The fourth-order valence-corrected chi connectivity index (χ4v) is 4.93. The molecule has 3 aliphatic rings. The smallest absolute Gasteiger partial charge is 0.200 e. The number of hydrazone groups is 1. The van der Waals surface area contributed by atoms with Crippen LogP contribution in [0.3, 0.4) is 0 Å². The highest BCUT2D eigenvalue weighted by molar-refractivity contribution is 6.37. The summed E-state index contributed by atoms with van der Waals surface area (Å²) >= 11 is 12.6. The van der Waals surface area contributed by atoms with Gasteiger partial charge in [0.05, 0.1) is 16.8 Å². The lowest BCUT2D eigenvalue weighted by Gasteiger charge is -2.50. The molecule has 1 spiro atoms. The maximum atomic E-state index is 6.59. The Hall–Kier alpha value is -1.75. The zero-order valence-corrected chi connectivity index (χ0v) is 16.7. The van der Waals surface area contributed by atoms with Crippen LogP contribution < -0.4 is 4.74 Å². The van der Waals surface area contributed by atoms with Gasteiger partial charge in [0.1, 0.15) is 5.75 Å². The number of piperidine rings is 1. The summed E-state index contributed by atoms with van der Waals surface area (Å²) in [6.45, 7) is 2.00. The SMILES string of the molecule is CN1CCC2(CC1)Oc1ccccc1C1CC(c3ccc(Cl)cc3Cl)=NN12. The number of likely N-dealkylation sites (tertiary alicyclic amines) is 1. The van der Waals surface area contributed by atoms with E-state index < -0.39 is 0 Å². The fourth-order valence-electron chi connectivity index (χ4n) is 4.41. The van der Waals surface area contributed by atoms with Crippen molar-refractivity contribution in [3.05, 3.63) is 63.6 Å². The van der Waals surface area contributed by atoms with Crippen LogP contribution in [0.25, 0.3) is 0 Å². The first-order valence-corrected chi connectivity index (χ1v) is 10.1. The summed E-state index contributed by atoms with van der Waals surface area (Å²) in [5.41, 5.74) is 2.77. The Morgan fingerprint density at radius 3 is 2.67 bits per heavy atom.